The largest absolute Gasteiger partial charge is 0.484 e. The third-order valence-electron chi connectivity index (χ3n) is 6.53. The molecule has 1 heterocycles. The van der Waals surface area contributed by atoms with Gasteiger partial charge in [-0.25, -0.2) is 0 Å². The minimum Gasteiger partial charge on any atom is -0.484 e. The van der Waals surface area contributed by atoms with Crippen LogP contribution in [0.3, 0.4) is 0 Å². The van der Waals surface area contributed by atoms with Crippen molar-refractivity contribution in [2.75, 3.05) is 25.0 Å². The fraction of sp³-hybridized carbons (Fsp3) is 0.300. The first-order chi connectivity index (χ1) is 17.9. The topological polar surface area (TPSA) is 87.7 Å². The number of ether oxygens (including phenoxy) is 1. The van der Waals surface area contributed by atoms with E-state index in [4.69, 9.17) is 4.74 Å². The Balaban J connectivity index is 1.22. The number of hydrogen-bond acceptors (Lipinski definition) is 4. The quantitative estimate of drug-likeness (QED) is 0.462. The lowest BCUT2D eigenvalue weighted by molar-refractivity contribution is -0.133. The standard InChI is InChI=1S/C30H33N3O4/c1-21-6-5-8-25(18-21)32-30(36)20-37-26-12-10-23(11-13-26)14-16-31-29(35)19-28-27-9-4-3-7-24(27)15-17-33(28)22(2)34/h3-13,18,28H,14-17,19-20H2,1-2H3,(H,31,35)(H,32,36). The molecule has 0 aromatic heterocycles. The van der Waals surface area contributed by atoms with Gasteiger partial charge in [-0.15, -0.1) is 0 Å². The number of aryl methyl sites for hydroxylation is 1. The van der Waals surface area contributed by atoms with Crippen LogP contribution in [0, 0.1) is 6.92 Å². The molecule has 4 rings (SSSR count). The van der Waals surface area contributed by atoms with Crippen molar-refractivity contribution in [3.8, 4) is 5.75 Å². The monoisotopic (exact) mass is 499 g/mol. The fourth-order valence-electron chi connectivity index (χ4n) is 4.66. The highest BCUT2D eigenvalue weighted by atomic mass is 16.5. The summed E-state index contributed by atoms with van der Waals surface area (Å²) in [5, 5.41) is 5.81. The fourth-order valence-corrected chi connectivity index (χ4v) is 4.66. The maximum atomic E-state index is 12.7. The van der Waals surface area contributed by atoms with E-state index in [1.165, 1.54) is 5.56 Å². The highest BCUT2D eigenvalue weighted by Crippen LogP contribution is 2.32. The highest BCUT2D eigenvalue weighted by Gasteiger charge is 2.30. The average molecular weight is 500 g/mol. The van der Waals surface area contributed by atoms with Crippen molar-refractivity contribution in [2.24, 2.45) is 0 Å². The number of fused-ring (bicyclic) bond motifs is 1. The summed E-state index contributed by atoms with van der Waals surface area (Å²) in [6.07, 6.45) is 1.72. The molecule has 37 heavy (non-hydrogen) atoms. The Morgan fingerprint density at radius 1 is 0.973 bits per heavy atom. The molecule has 3 amide bonds. The second-order valence-electron chi connectivity index (χ2n) is 9.33. The Morgan fingerprint density at radius 3 is 2.51 bits per heavy atom. The van der Waals surface area contributed by atoms with Crippen LogP contribution in [-0.2, 0) is 27.2 Å². The lowest BCUT2D eigenvalue weighted by atomic mass is 9.90. The number of carbonyl (C=O) groups excluding carboxylic acids is 3. The molecule has 0 aliphatic carbocycles. The van der Waals surface area contributed by atoms with Gasteiger partial charge in [0.1, 0.15) is 5.75 Å². The predicted molar refractivity (Wildman–Crippen MR) is 143 cm³/mol. The minimum atomic E-state index is -0.234. The number of nitrogens with one attached hydrogen (secondary N) is 2. The predicted octanol–water partition coefficient (Wildman–Crippen LogP) is 4.21. The summed E-state index contributed by atoms with van der Waals surface area (Å²) in [5.41, 5.74) is 5.12. The molecule has 7 nitrogen and oxygen atoms in total. The molecule has 1 aliphatic rings. The number of benzene rings is 3. The van der Waals surface area contributed by atoms with Crippen LogP contribution in [0.15, 0.2) is 72.8 Å². The summed E-state index contributed by atoms with van der Waals surface area (Å²) < 4.78 is 5.60. The molecule has 0 radical (unpaired) electrons. The Kier molecular flexibility index (Phi) is 8.56. The van der Waals surface area contributed by atoms with Gasteiger partial charge in [-0.3, -0.25) is 14.4 Å². The molecule has 2 N–H and O–H groups in total. The van der Waals surface area contributed by atoms with Crippen LogP contribution >= 0.6 is 0 Å². The number of rotatable bonds is 9. The summed E-state index contributed by atoms with van der Waals surface area (Å²) in [4.78, 5) is 38.8. The highest BCUT2D eigenvalue weighted by molar-refractivity contribution is 5.91. The third-order valence-corrected chi connectivity index (χ3v) is 6.53. The van der Waals surface area contributed by atoms with E-state index in [0.717, 1.165) is 28.8 Å². The van der Waals surface area contributed by atoms with E-state index < -0.39 is 0 Å². The molecule has 7 heteroatoms. The van der Waals surface area contributed by atoms with Crippen molar-refractivity contribution in [1.29, 1.82) is 0 Å². The van der Waals surface area contributed by atoms with Crippen LogP contribution in [0.5, 0.6) is 5.75 Å². The van der Waals surface area contributed by atoms with Crippen molar-refractivity contribution < 1.29 is 19.1 Å². The normalized spacial score (nSPS) is 14.4. The molecule has 192 valence electrons. The molecule has 0 spiro atoms. The molecule has 3 aromatic rings. The van der Waals surface area contributed by atoms with Crippen LogP contribution in [0.25, 0.3) is 0 Å². The van der Waals surface area contributed by atoms with Crippen molar-refractivity contribution in [2.45, 2.75) is 39.2 Å². The van der Waals surface area contributed by atoms with Crippen molar-refractivity contribution in [3.63, 3.8) is 0 Å². The maximum absolute atomic E-state index is 12.7. The first kappa shape index (κ1) is 25.9. The van der Waals surface area contributed by atoms with Gasteiger partial charge >= 0.3 is 0 Å². The van der Waals surface area contributed by atoms with Crippen LogP contribution in [-0.4, -0.2) is 42.3 Å². The lowest BCUT2D eigenvalue weighted by Gasteiger charge is -2.36. The molecular weight excluding hydrogens is 466 g/mol. The Morgan fingerprint density at radius 2 is 1.76 bits per heavy atom. The van der Waals surface area contributed by atoms with Gasteiger partial charge in [0.2, 0.25) is 11.8 Å². The van der Waals surface area contributed by atoms with Gasteiger partial charge in [-0.1, -0.05) is 48.5 Å². The molecule has 0 saturated carbocycles. The minimum absolute atomic E-state index is 0.0118. The van der Waals surface area contributed by atoms with E-state index in [2.05, 4.69) is 16.7 Å². The van der Waals surface area contributed by atoms with Crippen LogP contribution < -0.4 is 15.4 Å². The summed E-state index contributed by atoms with van der Waals surface area (Å²) in [6, 6.07) is 22.9. The number of hydrogen-bond donors (Lipinski definition) is 2. The zero-order chi connectivity index (χ0) is 26.2. The SMILES string of the molecule is CC(=O)N1CCc2ccccc2C1CC(=O)NCCc1ccc(OCC(=O)Nc2cccc(C)c2)cc1. The third kappa shape index (κ3) is 7.19. The molecular formula is C30H33N3O4. The van der Waals surface area contributed by atoms with Crippen molar-refractivity contribution in [1.82, 2.24) is 10.2 Å². The van der Waals surface area contributed by atoms with Gasteiger partial charge in [0.05, 0.1) is 12.5 Å². The van der Waals surface area contributed by atoms with E-state index in [1.807, 2.05) is 73.7 Å². The van der Waals surface area contributed by atoms with Gasteiger partial charge in [0.25, 0.3) is 5.91 Å². The van der Waals surface area contributed by atoms with Gasteiger partial charge in [0, 0.05) is 25.7 Å². The number of carbonyl (C=O) groups is 3. The Hall–Kier alpha value is -4.13. The zero-order valence-electron chi connectivity index (χ0n) is 21.3. The first-order valence-corrected chi connectivity index (χ1v) is 12.6. The van der Waals surface area contributed by atoms with E-state index in [0.29, 0.717) is 25.3 Å². The van der Waals surface area contributed by atoms with Crippen LogP contribution in [0.1, 0.15) is 41.6 Å². The number of amides is 3. The molecule has 3 aromatic carbocycles. The number of nitrogens with zero attached hydrogens (tertiary/aromatic N) is 1. The summed E-state index contributed by atoms with van der Waals surface area (Å²) in [6.45, 7) is 4.57. The second-order valence-corrected chi connectivity index (χ2v) is 9.33. The smallest absolute Gasteiger partial charge is 0.262 e. The van der Waals surface area contributed by atoms with Crippen LogP contribution in [0.2, 0.25) is 0 Å². The lowest BCUT2D eigenvalue weighted by Crippen LogP contribution is -2.41. The van der Waals surface area contributed by atoms with Crippen LogP contribution in [0.4, 0.5) is 5.69 Å². The molecule has 1 unspecified atom stereocenters. The van der Waals surface area contributed by atoms with Crippen molar-refractivity contribution in [3.05, 3.63) is 95.1 Å². The Labute approximate surface area is 217 Å². The maximum Gasteiger partial charge on any atom is 0.262 e. The molecule has 1 atom stereocenters. The van der Waals surface area contributed by atoms with Gasteiger partial charge < -0.3 is 20.3 Å². The van der Waals surface area contributed by atoms with Gasteiger partial charge in [-0.05, 0) is 66.3 Å². The Bertz CT molecular complexity index is 1260. The molecule has 0 saturated heterocycles. The van der Waals surface area contributed by atoms with Crippen molar-refractivity contribution >= 4 is 23.4 Å². The number of anilines is 1. The van der Waals surface area contributed by atoms with E-state index in [-0.39, 0.29) is 36.8 Å². The second kappa shape index (κ2) is 12.2. The first-order valence-electron chi connectivity index (χ1n) is 12.6. The van der Waals surface area contributed by atoms with E-state index in [1.54, 1.807) is 11.8 Å². The molecule has 0 bridgehead atoms. The summed E-state index contributed by atoms with van der Waals surface area (Å²) in [7, 11) is 0. The van der Waals surface area contributed by atoms with Gasteiger partial charge in [0.15, 0.2) is 6.61 Å². The average Bonchev–Trinajstić information content (AvgIpc) is 2.88. The van der Waals surface area contributed by atoms with Gasteiger partial charge in [-0.2, -0.15) is 0 Å². The molecule has 0 fully saturated rings. The summed E-state index contributed by atoms with van der Waals surface area (Å²) >= 11 is 0. The zero-order valence-corrected chi connectivity index (χ0v) is 21.3. The van der Waals surface area contributed by atoms with E-state index in [9.17, 15) is 14.4 Å². The summed E-state index contributed by atoms with van der Waals surface area (Å²) in [5.74, 6) is 0.295. The van der Waals surface area contributed by atoms with E-state index >= 15 is 0 Å². The molecule has 1 aliphatic heterocycles.